The number of phenolic OH excluding ortho intramolecular Hbond substituents is 1. The Morgan fingerprint density at radius 1 is 0.963 bits per heavy atom. The second-order valence-electron chi connectivity index (χ2n) is 14.4. The number of oxazole rings is 1. The molecule has 278 valence electrons. The molecule has 0 spiro atoms. The number of anilines is 1. The molecule has 2 atom stereocenters. The number of benzene rings is 4. The molecule has 1 unspecified atom stereocenters. The molecule has 0 aliphatic carbocycles. The first-order valence-electron chi connectivity index (χ1n) is 18.5. The fraction of sp³-hybridized carbons (Fsp3) is 0.310. The minimum Gasteiger partial charge on any atom is -0.506 e. The number of H-pyrrole nitrogens is 1. The number of nitrogens with one attached hydrogen (secondary N) is 2. The number of aromatic nitrogens is 2. The van der Waals surface area contributed by atoms with Crippen LogP contribution >= 0.6 is 0 Å². The van der Waals surface area contributed by atoms with E-state index in [1.54, 1.807) is 21.6 Å². The zero-order valence-corrected chi connectivity index (χ0v) is 29.8. The van der Waals surface area contributed by atoms with E-state index in [2.05, 4.69) is 21.3 Å². The van der Waals surface area contributed by atoms with Crippen molar-refractivity contribution < 1.29 is 24.5 Å². The van der Waals surface area contributed by atoms with Crippen LogP contribution in [0.4, 0.5) is 10.5 Å². The number of carboxylic acid groups (broad SMARTS) is 1. The van der Waals surface area contributed by atoms with Crippen molar-refractivity contribution in [2.24, 2.45) is 5.92 Å². The van der Waals surface area contributed by atoms with Crippen molar-refractivity contribution >= 4 is 33.8 Å². The maximum Gasteiger partial charge on any atom is 0.419 e. The van der Waals surface area contributed by atoms with E-state index in [1.807, 2.05) is 60.7 Å². The van der Waals surface area contributed by atoms with Crippen molar-refractivity contribution in [2.75, 3.05) is 31.1 Å². The quantitative estimate of drug-likeness (QED) is 0.104. The Morgan fingerprint density at radius 2 is 1.76 bits per heavy atom. The summed E-state index contributed by atoms with van der Waals surface area (Å²) in [5.41, 5.74) is 6.10. The monoisotopic (exact) mass is 729 g/mol. The number of fused-ring (bicyclic) bond motifs is 5. The first-order chi connectivity index (χ1) is 26.2. The standard InChI is InChI=1S/C42H43N5O7/c48-36-14-11-31(32-12-15-39(50)44-40(32)36)37(49)24-43-23-27-9-13-33-38(22-27)54-42(53)46(33)18-4-5-26-8-10-30(28-6-2-1-3-7-28)34(21-26)47(41(51)52)35-25-45-19-16-29(35)17-20-45/h1-3,6-15,21-22,29,35,37,43,48-49H,4-5,16-20,23-25H2,(H,44,50)(H,51,52)/t35?,37-/m0/s1. The van der Waals surface area contributed by atoms with Crippen LogP contribution in [0.25, 0.3) is 33.1 Å². The third-order valence-corrected chi connectivity index (χ3v) is 11.1. The number of carbonyl (C=O) groups is 1. The Balaban J connectivity index is 0.949. The lowest BCUT2D eigenvalue weighted by atomic mass is 9.82. The number of nitrogens with zero attached hydrogens (tertiary/aromatic N) is 3. The zero-order chi connectivity index (χ0) is 37.3. The summed E-state index contributed by atoms with van der Waals surface area (Å²) in [5, 5.41) is 35.5. The highest BCUT2D eigenvalue weighted by molar-refractivity contribution is 5.94. The van der Waals surface area contributed by atoms with Gasteiger partial charge in [-0.1, -0.05) is 54.6 Å². The van der Waals surface area contributed by atoms with E-state index in [0.29, 0.717) is 59.6 Å². The molecule has 5 heterocycles. The first-order valence-corrected chi connectivity index (χ1v) is 18.5. The molecule has 12 nitrogen and oxygen atoms in total. The number of hydrogen-bond donors (Lipinski definition) is 5. The van der Waals surface area contributed by atoms with Crippen molar-refractivity contribution in [2.45, 2.75) is 50.9 Å². The van der Waals surface area contributed by atoms with Gasteiger partial charge in [0.25, 0.3) is 0 Å². The zero-order valence-electron chi connectivity index (χ0n) is 29.8. The highest BCUT2D eigenvalue weighted by atomic mass is 16.4. The average molecular weight is 730 g/mol. The largest absolute Gasteiger partial charge is 0.506 e. The lowest BCUT2D eigenvalue weighted by Gasteiger charge is -2.48. The Kier molecular flexibility index (Phi) is 9.80. The molecule has 1 amide bonds. The number of piperidine rings is 3. The summed E-state index contributed by atoms with van der Waals surface area (Å²) < 4.78 is 7.27. The van der Waals surface area contributed by atoms with Crippen LogP contribution in [-0.4, -0.2) is 68.1 Å². The molecule has 0 radical (unpaired) electrons. The molecule has 0 saturated carbocycles. The maximum atomic E-state index is 13.0. The third kappa shape index (κ3) is 7.03. The SMILES string of the molecule is O=C(O)N(c1cc(CCCn2c(=O)oc3cc(CNC[C@H](O)c4ccc(O)c5[nH]c(=O)ccc45)ccc32)ccc1-c1ccccc1)C1CN2CCC1CC2. The molecule has 5 N–H and O–H groups in total. The number of hydrogen-bond acceptors (Lipinski definition) is 8. The van der Waals surface area contributed by atoms with Crippen LogP contribution in [0.2, 0.25) is 0 Å². The highest BCUT2D eigenvalue weighted by Crippen LogP contribution is 2.39. The van der Waals surface area contributed by atoms with Gasteiger partial charge in [-0.15, -0.1) is 0 Å². The van der Waals surface area contributed by atoms with Crippen molar-refractivity contribution in [1.82, 2.24) is 19.8 Å². The highest BCUT2D eigenvalue weighted by Gasteiger charge is 2.41. The second kappa shape index (κ2) is 15.0. The van der Waals surface area contributed by atoms with Gasteiger partial charge in [-0.2, -0.15) is 0 Å². The van der Waals surface area contributed by atoms with E-state index in [1.165, 1.54) is 12.1 Å². The summed E-state index contributed by atoms with van der Waals surface area (Å²) >= 11 is 0. The van der Waals surface area contributed by atoms with Gasteiger partial charge >= 0.3 is 11.8 Å². The first kappa shape index (κ1) is 35.3. The van der Waals surface area contributed by atoms with E-state index in [0.717, 1.165) is 54.7 Å². The predicted molar refractivity (Wildman–Crippen MR) is 207 cm³/mol. The van der Waals surface area contributed by atoms with Crippen LogP contribution in [0, 0.1) is 5.92 Å². The fourth-order valence-corrected chi connectivity index (χ4v) is 8.33. The number of aryl methyl sites for hydroxylation is 2. The molecular formula is C42H43N5O7. The molecule has 9 rings (SSSR count). The smallest absolute Gasteiger partial charge is 0.419 e. The average Bonchev–Trinajstić information content (AvgIpc) is 3.49. The number of pyridine rings is 1. The van der Waals surface area contributed by atoms with Gasteiger partial charge in [0.15, 0.2) is 5.58 Å². The van der Waals surface area contributed by atoms with Crippen molar-refractivity contribution in [3.63, 3.8) is 0 Å². The molecule has 3 aliphatic rings. The maximum absolute atomic E-state index is 13.0. The van der Waals surface area contributed by atoms with Crippen LogP contribution in [-0.2, 0) is 19.5 Å². The molecule has 3 aliphatic heterocycles. The number of aromatic hydroxyl groups is 1. The second-order valence-corrected chi connectivity index (χ2v) is 14.4. The number of rotatable bonds is 12. The van der Waals surface area contributed by atoms with E-state index in [4.69, 9.17) is 4.42 Å². The summed E-state index contributed by atoms with van der Waals surface area (Å²) in [6.45, 7) is 3.83. The summed E-state index contributed by atoms with van der Waals surface area (Å²) in [5.74, 6) is -0.174. The number of aromatic amines is 1. The molecule has 6 aromatic rings. The summed E-state index contributed by atoms with van der Waals surface area (Å²) in [7, 11) is 0. The van der Waals surface area contributed by atoms with Crippen molar-refractivity contribution in [3.05, 3.63) is 129 Å². The Bertz CT molecular complexity index is 2430. The van der Waals surface area contributed by atoms with E-state index >= 15 is 0 Å². The van der Waals surface area contributed by atoms with Crippen LogP contribution in [0.3, 0.4) is 0 Å². The molecule has 12 heteroatoms. The number of aliphatic hydroxyl groups excluding tert-OH is 1. The van der Waals surface area contributed by atoms with Gasteiger partial charge in [0, 0.05) is 43.2 Å². The molecule has 54 heavy (non-hydrogen) atoms. The van der Waals surface area contributed by atoms with E-state index in [-0.39, 0.29) is 29.4 Å². The number of amides is 1. The Hall–Kier alpha value is -5.69. The molecule has 3 fully saturated rings. The van der Waals surface area contributed by atoms with Crippen LogP contribution in [0.5, 0.6) is 5.75 Å². The van der Waals surface area contributed by atoms with Crippen molar-refractivity contribution in [1.29, 1.82) is 0 Å². The number of phenols is 1. The van der Waals surface area contributed by atoms with Gasteiger partial charge in [0.2, 0.25) is 5.56 Å². The molecule has 3 saturated heterocycles. The summed E-state index contributed by atoms with van der Waals surface area (Å²) in [4.78, 5) is 44.3. The van der Waals surface area contributed by atoms with E-state index < -0.39 is 18.0 Å². The molecule has 4 aromatic carbocycles. The normalized spacial score (nSPS) is 18.6. The van der Waals surface area contributed by atoms with Gasteiger partial charge < -0.3 is 34.9 Å². The molecule has 2 aromatic heterocycles. The molecular weight excluding hydrogens is 686 g/mol. The van der Waals surface area contributed by atoms with Gasteiger partial charge in [-0.3, -0.25) is 14.3 Å². The van der Waals surface area contributed by atoms with Gasteiger partial charge in [-0.25, -0.2) is 9.59 Å². The van der Waals surface area contributed by atoms with Crippen LogP contribution in [0.15, 0.2) is 105 Å². The van der Waals surface area contributed by atoms with Crippen molar-refractivity contribution in [3.8, 4) is 16.9 Å². The fourth-order valence-electron chi connectivity index (χ4n) is 8.33. The van der Waals surface area contributed by atoms with Gasteiger partial charge in [0.05, 0.1) is 28.9 Å². The van der Waals surface area contributed by atoms with Crippen LogP contribution in [0.1, 0.15) is 42.1 Å². The minimum absolute atomic E-state index is 0.0677. The van der Waals surface area contributed by atoms with Crippen LogP contribution < -0.4 is 21.5 Å². The third-order valence-electron chi connectivity index (χ3n) is 11.1. The lowest BCUT2D eigenvalue weighted by Crippen LogP contribution is -2.59. The van der Waals surface area contributed by atoms with Gasteiger partial charge in [-0.05, 0) is 97.3 Å². The molecule has 2 bridgehead atoms. The lowest BCUT2D eigenvalue weighted by molar-refractivity contribution is 0.0837. The summed E-state index contributed by atoms with van der Waals surface area (Å²) in [6, 6.07) is 27.5. The number of aliphatic hydroxyl groups is 1. The Labute approximate surface area is 310 Å². The predicted octanol–water partition coefficient (Wildman–Crippen LogP) is 5.84. The minimum atomic E-state index is -0.935. The topological polar surface area (TPSA) is 164 Å². The summed E-state index contributed by atoms with van der Waals surface area (Å²) in [6.07, 6.45) is 1.47. The Morgan fingerprint density at radius 3 is 2.52 bits per heavy atom. The van der Waals surface area contributed by atoms with Gasteiger partial charge in [0.1, 0.15) is 5.75 Å². The van der Waals surface area contributed by atoms with E-state index in [9.17, 15) is 29.7 Å².